The molecule has 0 saturated carbocycles. The highest BCUT2D eigenvalue weighted by molar-refractivity contribution is 7.12. The fraction of sp³-hybridized carbons (Fsp3) is 0.389. The largest absolute Gasteiger partial charge is 0.480 e. The van der Waals surface area contributed by atoms with Gasteiger partial charge in [0.25, 0.3) is 0 Å². The lowest BCUT2D eigenvalue weighted by atomic mass is 9.99. The number of carbonyl (C=O) groups is 1. The van der Waals surface area contributed by atoms with Gasteiger partial charge >= 0.3 is 12.1 Å². The normalized spacial score (nSPS) is 19.7. The van der Waals surface area contributed by atoms with Gasteiger partial charge in [-0.3, -0.25) is 9.69 Å². The summed E-state index contributed by atoms with van der Waals surface area (Å²) in [6.45, 7) is 2.39. The zero-order chi connectivity index (χ0) is 19.1. The number of thiophene rings is 1. The third-order valence-corrected chi connectivity index (χ3v) is 5.96. The summed E-state index contributed by atoms with van der Waals surface area (Å²) in [7, 11) is 0. The minimum absolute atomic E-state index is 0.199. The number of nitrogens with zero attached hydrogens (tertiary/aromatic N) is 1. The molecule has 1 aliphatic rings. The first-order valence-corrected chi connectivity index (χ1v) is 9.29. The number of carboxylic acid groups (broad SMARTS) is 1. The van der Waals surface area contributed by atoms with Crippen molar-refractivity contribution in [3.05, 3.63) is 56.2 Å². The Morgan fingerprint density at radius 1 is 1.35 bits per heavy atom. The number of aliphatic carboxylic acids is 1. The summed E-state index contributed by atoms with van der Waals surface area (Å²) in [5.74, 6) is -0.969. The van der Waals surface area contributed by atoms with E-state index in [2.05, 4.69) is 0 Å². The Bertz CT molecular complexity index is 821. The molecule has 1 aliphatic heterocycles. The smallest absolute Gasteiger partial charge is 0.416 e. The van der Waals surface area contributed by atoms with E-state index in [1.165, 1.54) is 17.4 Å². The molecule has 0 radical (unpaired) electrons. The number of likely N-dealkylation sites (tertiary alicyclic amines) is 1. The molecule has 2 atom stereocenters. The molecule has 1 N–H and O–H groups in total. The summed E-state index contributed by atoms with van der Waals surface area (Å²) in [5, 5.41) is 9.73. The first-order valence-electron chi connectivity index (χ1n) is 8.10. The van der Waals surface area contributed by atoms with E-state index in [9.17, 15) is 23.1 Å². The van der Waals surface area contributed by atoms with E-state index in [-0.39, 0.29) is 10.6 Å². The van der Waals surface area contributed by atoms with Crippen LogP contribution in [0.15, 0.2) is 30.3 Å². The zero-order valence-corrected chi connectivity index (χ0v) is 15.5. The summed E-state index contributed by atoms with van der Waals surface area (Å²) in [6.07, 6.45) is -3.35. The van der Waals surface area contributed by atoms with E-state index in [0.29, 0.717) is 19.4 Å². The van der Waals surface area contributed by atoms with Gasteiger partial charge < -0.3 is 5.11 Å². The highest BCUT2D eigenvalue weighted by Crippen LogP contribution is 2.42. The van der Waals surface area contributed by atoms with E-state index < -0.39 is 29.8 Å². The van der Waals surface area contributed by atoms with Crippen LogP contribution in [0.5, 0.6) is 0 Å². The van der Waals surface area contributed by atoms with Crippen molar-refractivity contribution in [1.82, 2.24) is 4.90 Å². The molecule has 2 aromatic rings. The Labute approximate surface area is 158 Å². The van der Waals surface area contributed by atoms with Crippen molar-refractivity contribution in [2.45, 2.75) is 38.0 Å². The predicted molar refractivity (Wildman–Crippen MR) is 94.7 cm³/mol. The molecule has 1 aromatic heterocycles. The average Bonchev–Trinajstić information content (AvgIpc) is 3.18. The van der Waals surface area contributed by atoms with E-state index in [1.54, 1.807) is 4.90 Å². The van der Waals surface area contributed by atoms with Gasteiger partial charge in [-0.2, -0.15) is 13.2 Å². The van der Waals surface area contributed by atoms with Crippen LogP contribution in [0.4, 0.5) is 13.2 Å². The topological polar surface area (TPSA) is 40.5 Å². The molecule has 1 aromatic carbocycles. The molecule has 1 saturated heterocycles. The van der Waals surface area contributed by atoms with Crippen LogP contribution in [0.3, 0.4) is 0 Å². The fourth-order valence-corrected chi connectivity index (χ4v) is 4.63. The molecule has 0 amide bonds. The van der Waals surface area contributed by atoms with Crippen LogP contribution in [0.1, 0.15) is 39.8 Å². The number of aryl methyl sites for hydroxylation is 1. The number of benzene rings is 1. The summed E-state index contributed by atoms with van der Waals surface area (Å²) in [5.41, 5.74) is -0.502. The predicted octanol–water partition coefficient (Wildman–Crippen LogP) is 5.37. The minimum Gasteiger partial charge on any atom is -0.480 e. The van der Waals surface area contributed by atoms with Gasteiger partial charge in [-0.25, -0.2) is 0 Å². The number of hydrogen-bond donors (Lipinski definition) is 1. The lowest BCUT2D eigenvalue weighted by Gasteiger charge is -2.32. The van der Waals surface area contributed by atoms with Gasteiger partial charge in [-0.05, 0) is 55.7 Å². The van der Waals surface area contributed by atoms with Crippen molar-refractivity contribution in [3.63, 3.8) is 0 Å². The highest BCUT2D eigenvalue weighted by atomic mass is 35.5. The van der Waals surface area contributed by atoms with Gasteiger partial charge in [-0.1, -0.05) is 11.6 Å². The van der Waals surface area contributed by atoms with Crippen LogP contribution in [0.25, 0.3) is 0 Å². The number of rotatable bonds is 4. The third kappa shape index (κ3) is 3.75. The number of alkyl halides is 3. The second kappa shape index (κ2) is 7.21. The Morgan fingerprint density at radius 3 is 2.65 bits per heavy atom. The Hall–Kier alpha value is -1.57. The summed E-state index contributed by atoms with van der Waals surface area (Å²) in [4.78, 5) is 15.2. The molecule has 0 aliphatic carbocycles. The molecule has 26 heavy (non-hydrogen) atoms. The Morgan fingerprint density at radius 2 is 2.08 bits per heavy atom. The molecule has 140 valence electrons. The SMILES string of the molecule is Cc1ccc(C(c2cc(C(F)(F)F)ccc2Cl)N2CCCC2C(=O)O)s1. The van der Waals surface area contributed by atoms with Gasteiger partial charge in [0.15, 0.2) is 0 Å². The van der Waals surface area contributed by atoms with Crippen LogP contribution < -0.4 is 0 Å². The maximum atomic E-state index is 13.2. The third-order valence-electron chi connectivity index (χ3n) is 4.56. The molecule has 1 fully saturated rings. The van der Waals surface area contributed by atoms with Crippen molar-refractivity contribution in [2.24, 2.45) is 0 Å². The second-order valence-corrected chi connectivity index (χ2v) is 8.05. The lowest BCUT2D eigenvalue weighted by Crippen LogP contribution is -2.39. The second-order valence-electron chi connectivity index (χ2n) is 6.32. The van der Waals surface area contributed by atoms with Gasteiger partial charge in [0, 0.05) is 21.3 Å². The van der Waals surface area contributed by atoms with E-state index >= 15 is 0 Å². The Kier molecular flexibility index (Phi) is 5.33. The van der Waals surface area contributed by atoms with Crippen molar-refractivity contribution in [2.75, 3.05) is 6.54 Å². The van der Waals surface area contributed by atoms with Crippen molar-refractivity contribution < 1.29 is 23.1 Å². The Balaban J connectivity index is 2.14. The maximum absolute atomic E-state index is 13.2. The van der Waals surface area contributed by atoms with E-state index in [1.807, 2.05) is 19.1 Å². The summed E-state index contributed by atoms with van der Waals surface area (Å²) >= 11 is 7.71. The van der Waals surface area contributed by atoms with Crippen molar-refractivity contribution in [1.29, 1.82) is 0 Å². The summed E-state index contributed by atoms with van der Waals surface area (Å²) in [6, 6.07) is 5.57. The van der Waals surface area contributed by atoms with E-state index in [0.717, 1.165) is 21.9 Å². The molecule has 2 unspecified atom stereocenters. The number of hydrogen-bond acceptors (Lipinski definition) is 3. The van der Waals surface area contributed by atoms with Gasteiger partial charge in [0.2, 0.25) is 0 Å². The van der Waals surface area contributed by atoms with Crippen LogP contribution in [0.2, 0.25) is 5.02 Å². The molecule has 3 rings (SSSR count). The monoisotopic (exact) mass is 403 g/mol. The molecule has 0 spiro atoms. The van der Waals surface area contributed by atoms with E-state index in [4.69, 9.17) is 11.6 Å². The minimum atomic E-state index is -4.49. The quantitative estimate of drug-likeness (QED) is 0.746. The molecule has 8 heteroatoms. The maximum Gasteiger partial charge on any atom is 0.416 e. The lowest BCUT2D eigenvalue weighted by molar-refractivity contribution is -0.143. The van der Waals surface area contributed by atoms with Crippen molar-refractivity contribution in [3.8, 4) is 0 Å². The van der Waals surface area contributed by atoms with Gasteiger partial charge in [0.05, 0.1) is 11.6 Å². The number of carboxylic acids is 1. The van der Waals surface area contributed by atoms with Crippen LogP contribution >= 0.6 is 22.9 Å². The first kappa shape index (κ1) is 19.2. The first-order chi connectivity index (χ1) is 12.2. The molecular weight excluding hydrogens is 387 g/mol. The standard InChI is InChI=1S/C18H17ClF3NO2S/c1-10-4-7-15(26-10)16(23-8-2-3-14(23)17(24)25)12-9-11(18(20,21)22)5-6-13(12)19/h4-7,9,14,16H,2-3,8H2,1H3,(H,24,25). The van der Waals surface area contributed by atoms with Gasteiger partial charge in [0.1, 0.15) is 6.04 Å². The molecule has 0 bridgehead atoms. The molecule has 2 heterocycles. The van der Waals surface area contributed by atoms with Crippen LogP contribution in [-0.2, 0) is 11.0 Å². The van der Waals surface area contributed by atoms with Crippen LogP contribution in [-0.4, -0.2) is 28.6 Å². The van der Waals surface area contributed by atoms with Crippen LogP contribution in [0, 0.1) is 6.92 Å². The molecule has 3 nitrogen and oxygen atoms in total. The fourth-order valence-electron chi connectivity index (χ4n) is 3.39. The average molecular weight is 404 g/mol. The zero-order valence-electron chi connectivity index (χ0n) is 13.9. The number of halogens is 4. The molecular formula is C18H17ClF3NO2S. The highest BCUT2D eigenvalue weighted by Gasteiger charge is 2.39. The summed E-state index contributed by atoms with van der Waals surface area (Å²) < 4.78 is 39.6. The van der Waals surface area contributed by atoms with Gasteiger partial charge in [-0.15, -0.1) is 11.3 Å². The van der Waals surface area contributed by atoms with Crippen molar-refractivity contribution >= 4 is 28.9 Å².